The van der Waals surface area contributed by atoms with Gasteiger partial charge in [-0.15, -0.1) is 0 Å². The zero-order valence-corrected chi connectivity index (χ0v) is 13.7. The number of nitrogens with one attached hydrogen (secondary N) is 1. The predicted molar refractivity (Wildman–Crippen MR) is 86.1 cm³/mol. The van der Waals surface area contributed by atoms with E-state index in [4.69, 9.17) is 9.84 Å². The lowest BCUT2D eigenvalue weighted by Gasteiger charge is -2.15. The first-order valence-electron chi connectivity index (χ1n) is 7.65. The molecule has 9 heteroatoms. The lowest BCUT2D eigenvalue weighted by molar-refractivity contribution is -0.150. The van der Waals surface area contributed by atoms with Crippen LogP contribution in [0.15, 0.2) is 42.5 Å². The van der Waals surface area contributed by atoms with Gasteiger partial charge in [-0.25, -0.2) is 18.0 Å². The van der Waals surface area contributed by atoms with E-state index in [9.17, 15) is 27.6 Å². The maximum Gasteiger partial charge on any atom is 0.326 e. The Hall–Kier alpha value is -3.36. The number of hydrogen-bond acceptors (Lipinski definition) is 4. The SMILES string of the molecule is O=C(C[C@H](NC(=O)c1c(F)cc(F)cc1F)C(=O)O)OCc1ccccc1. The second-order valence-electron chi connectivity index (χ2n) is 5.46. The number of rotatable bonds is 7. The highest BCUT2D eigenvalue weighted by Crippen LogP contribution is 2.15. The van der Waals surface area contributed by atoms with Crippen LogP contribution in [-0.2, 0) is 20.9 Å². The zero-order chi connectivity index (χ0) is 20.0. The van der Waals surface area contributed by atoms with E-state index in [1.807, 2.05) is 5.32 Å². The Morgan fingerprint density at radius 1 is 1.04 bits per heavy atom. The molecule has 0 saturated carbocycles. The van der Waals surface area contributed by atoms with Crippen molar-refractivity contribution >= 4 is 17.8 Å². The molecule has 142 valence electrons. The van der Waals surface area contributed by atoms with Crippen molar-refractivity contribution in [2.45, 2.75) is 19.1 Å². The van der Waals surface area contributed by atoms with Crippen molar-refractivity contribution in [3.8, 4) is 0 Å². The average Bonchev–Trinajstić information content (AvgIpc) is 2.59. The fourth-order valence-corrected chi connectivity index (χ4v) is 2.15. The number of carbonyl (C=O) groups excluding carboxylic acids is 2. The summed E-state index contributed by atoms with van der Waals surface area (Å²) in [6.07, 6.45) is -0.766. The molecule has 0 aromatic heterocycles. The summed E-state index contributed by atoms with van der Waals surface area (Å²) in [7, 11) is 0. The van der Waals surface area contributed by atoms with Crippen LogP contribution in [0, 0.1) is 17.5 Å². The summed E-state index contributed by atoms with van der Waals surface area (Å²) in [6.45, 7) is -0.110. The summed E-state index contributed by atoms with van der Waals surface area (Å²) in [5.41, 5.74) is -0.488. The quantitative estimate of drug-likeness (QED) is 0.719. The molecule has 1 atom stereocenters. The van der Waals surface area contributed by atoms with Crippen LogP contribution in [0.3, 0.4) is 0 Å². The smallest absolute Gasteiger partial charge is 0.326 e. The number of carboxylic acids is 1. The second-order valence-corrected chi connectivity index (χ2v) is 5.46. The molecule has 0 saturated heterocycles. The molecule has 0 bridgehead atoms. The molecule has 0 radical (unpaired) electrons. The highest BCUT2D eigenvalue weighted by molar-refractivity contribution is 5.97. The molecule has 0 aliphatic rings. The molecular weight excluding hydrogens is 367 g/mol. The Labute approximate surface area is 151 Å². The third-order valence-corrected chi connectivity index (χ3v) is 3.45. The molecular formula is C18H14F3NO5. The standard InChI is InChI=1S/C18H14F3NO5/c19-11-6-12(20)16(13(21)7-11)17(24)22-14(18(25)26)8-15(23)27-9-10-4-2-1-3-5-10/h1-7,14H,8-9H2,(H,22,24)(H,25,26)/t14-/m0/s1. The van der Waals surface area contributed by atoms with Crippen LogP contribution >= 0.6 is 0 Å². The van der Waals surface area contributed by atoms with Gasteiger partial charge in [0.1, 0.15) is 35.7 Å². The Morgan fingerprint density at radius 2 is 1.63 bits per heavy atom. The van der Waals surface area contributed by atoms with Gasteiger partial charge >= 0.3 is 11.9 Å². The number of ether oxygens (including phenoxy) is 1. The molecule has 0 unspecified atom stereocenters. The van der Waals surface area contributed by atoms with Crippen molar-refractivity contribution in [2.24, 2.45) is 0 Å². The van der Waals surface area contributed by atoms with E-state index < -0.39 is 53.3 Å². The van der Waals surface area contributed by atoms with Crippen LogP contribution in [-0.4, -0.2) is 29.0 Å². The third kappa shape index (κ3) is 5.56. The summed E-state index contributed by atoms with van der Waals surface area (Å²) in [4.78, 5) is 35.0. The molecule has 0 heterocycles. The van der Waals surface area contributed by atoms with E-state index in [-0.39, 0.29) is 18.7 Å². The molecule has 0 aliphatic heterocycles. The molecule has 2 N–H and O–H groups in total. The van der Waals surface area contributed by atoms with Crippen molar-refractivity contribution in [3.05, 3.63) is 71.0 Å². The fourth-order valence-electron chi connectivity index (χ4n) is 2.15. The molecule has 1 amide bonds. The highest BCUT2D eigenvalue weighted by atomic mass is 19.1. The first-order valence-corrected chi connectivity index (χ1v) is 7.65. The summed E-state index contributed by atoms with van der Waals surface area (Å²) >= 11 is 0. The number of esters is 1. The van der Waals surface area contributed by atoms with Gasteiger partial charge in [-0.05, 0) is 5.56 Å². The Balaban J connectivity index is 2.02. The first kappa shape index (κ1) is 20.0. The van der Waals surface area contributed by atoms with Crippen molar-refractivity contribution in [2.75, 3.05) is 0 Å². The number of benzene rings is 2. The number of halogens is 3. The minimum absolute atomic E-state index is 0.110. The van der Waals surface area contributed by atoms with Gasteiger partial charge in [-0.2, -0.15) is 0 Å². The van der Waals surface area contributed by atoms with E-state index >= 15 is 0 Å². The minimum Gasteiger partial charge on any atom is -0.480 e. The van der Waals surface area contributed by atoms with Crippen molar-refractivity contribution in [1.29, 1.82) is 0 Å². The van der Waals surface area contributed by atoms with Crippen LogP contribution in [0.5, 0.6) is 0 Å². The lowest BCUT2D eigenvalue weighted by Crippen LogP contribution is -2.43. The molecule has 2 rings (SSSR count). The highest BCUT2D eigenvalue weighted by Gasteiger charge is 2.27. The normalized spacial score (nSPS) is 11.5. The first-order chi connectivity index (χ1) is 12.8. The Kier molecular flexibility index (Phi) is 6.53. The van der Waals surface area contributed by atoms with Crippen LogP contribution in [0.25, 0.3) is 0 Å². The lowest BCUT2D eigenvalue weighted by atomic mass is 10.1. The van der Waals surface area contributed by atoms with Gasteiger partial charge < -0.3 is 15.2 Å². The molecule has 6 nitrogen and oxygen atoms in total. The summed E-state index contributed by atoms with van der Waals surface area (Å²) in [6, 6.07) is 7.33. The van der Waals surface area contributed by atoms with Crippen molar-refractivity contribution in [1.82, 2.24) is 5.32 Å². The number of hydrogen-bond donors (Lipinski definition) is 2. The second kappa shape index (κ2) is 8.84. The Bertz CT molecular complexity index is 834. The Morgan fingerprint density at radius 3 is 2.19 bits per heavy atom. The van der Waals surface area contributed by atoms with E-state index in [1.54, 1.807) is 30.3 Å². The maximum absolute atomic E-state index is 13.6. The summed E-state index contributed by atoms with van der Waals surface area (Å²) in [5, 5.41) is 10.9. The van der Waals surface area contributed by atoms with Gasteiger partial charge in [-0.1, -0.05) is 30.3 Å². The average molecular weight is 381 g/mol. The topological polar surface area (TPSA) is 92.7 Å². The van der Waals surface area contributed by atoms with Crippen LogP contribution < -0.4 is 5.32 Å². The summed E-state index contributed by atoms with van der Waals surface area (Å²) < 4.78 is 45.0. The predicted octanol–water partition coefficient (Wildman–Crippen LogP) is 2.42. The van der Waals surface area contributed by atoms with Gasteiger partial charge in [0.2, 0.25) is 0 Å². The third-order valence-electron chi connectivity index (χ3n) is 3.45. The number of carbonyl (C=O) groups is 3. The van der Waals surface area contributed by atoms with Gasteiger partial charge in [0, 0.05) is 12.1 Å². The molecule has 27 heavy (non-hydrogen) atoms. The van der Waals surface area contributed by atoms with Crippen LogP contribution in [0.2, 0.25) is 0 Å². The van der Waals surface area contributed by atoms with Crippen molar-refractivity contribution in [3.63, 3.8) is 0 Å². The van der Waals surface area contributed by atoms with E-state index in [0.29, 0.717) is 5.56 Å². The van der Waals surface area contributed by atoms with E-state index in [2.05, 4.69) is 0 Å². The molecule has 2 aromatic carbocycles. The molecule has 0 fully saturated rings. The maximum atomic E-state index is 13.6. The van der Waals surface area contributed by atoms with E-state index in [1.165, 1.54) is 0 Å². The van der Waals surface area contributed by atoms with Crippen molar-refractivity contribution < 1.29 is 37.4 Å². The fraction of sp³-hybridized carbons (Fsp3) is 0.167. The van der Waals surface area contributed by atoms with Crippen LogP contribution in [0.4, 0.5) is 13.2 Å². The zero-order valence-electron chi connectivity index (χ0n) is 13.7. The number of carboxylic acid groups (broad SMARTS) is 1. The van der Waals surface area contributed by atoms with Gasteiger partial charge in [0.25, 0.3) is 5.91 Å². The van der Waals surface area contributed by atoms with Crippen LogP contribution in [0.1, 0.15) is 22.3 Å². The van der Waals surface area contributed by atoms with E-state index in [0.717, 1.165) is 0 Å². The minimum atomic E-state index is -1.79. The van der Waals surface area contributed by atoms with Gasteiger partial charge in [0.15, 0.2) is 0 Å². The summed E-state index contributed by atoms with van der Waals surface area (Å²) in [5.74, 6) is -8.22. The number of aliphatic carboxylic acids is 1. The molecule has 0 spiro atoms. The largest absolute Gasteiger partial charge is 0.480 e. The van der Waals surface area contributed by atoms with Gasteiger partial charge in [0.05, 0.1) is 6.42 Å². The number of amides is 1. The molecule has 0 aliphatic carbocycles. The monoisotopic (exact) mass is 381 g/mol. The molecule has 2 aromatic rings. The van der Waals surface area contributed by atoms with Gasteiger partial charge in [-0.3, -0.25) is 9.59 Å².